The van der Waals surface area contributed by atoms with Crippen molar-refractivity contribution in [1.82, 2.24) is 15.0 Å². The first-order valence-electron chi connectivity index (χ1n) is 7.82. The van der Waals surface area contributed by atoms with Crippen LogP contribution in [0.4, 0.5) is 16.2 Å². The molecule has 1 aromatic carbocycles. The Morgan fingerprint density at radius 3 is 2.58 bits per heavy atom. The Kier molecular flexibility index (Phi) is 5.12. The van der Waals surface area contributed by atoms with Gasteiger partial charge in [0.25, 0.3) is 0 Å². The molecule has 26 heavy (non-hydrogen) atoms. The molecule has 0 aliphatic rings. The van der Waals surface area contributed by atoms with Crippen LogP contribution in [0, 0.1) is 5.82 Å². The van der Waals surface area contributed by atoms with Crippen molar-refractivity contribution in [2.24, 2.45) is 0 Å². The quantitative estimate of drug-likeness (QED) is 0.698. The maximum atomic E-state index is 12.9. The van der Waals surface area contributed by atoms with Crippen LogP contribution in [-0.2, 0) is 13.0 Å². The fraction of sp³-hybridized carbons (Fsp3) is 0.167. The van der Waals surface area contributed by atoms with E-state index in [2.05, 4.69) is 15.0 Å². The Hall–Kier alpha value is -3.42. The predicted molar refractivity (Wildman–Crippen MR) is 95.2 cm³/mol. The van der Waals surface area contributed by atoms with E-state index in [1.807, 2.05) is 12.1 Å². The molecule has 0 aliphatic heterocycles. The molecule has 0 saturated heterocycles. The minimum absolute atomic E-state index is 0.141. The molecule has 8 heteroatoms. The highest BCUT2D eigenvalue weighted by Gasteiger charge is 2.09. The molecule has 134 valence electrons. The lowest BCUT2D eigenvalue weighted by atomic mass is 10.1. The van der Waals surface area contributed by atoms with E-state index in [0.29, 0.717) is 29.4 Å². The zero-order valence-corrected chi connectivity index (χ0v) is 14.1. The van der Waals surface area contributed by atoms with Crippen molar-refractivity contribution >= 4 is 11.8 Å². The number of nitrogens with two attached hydrogens (primary N) is 2. The van der Waals surface area contributed by atoms with Gasteiger partial charge in [0.1, 0.15) is 18.2 Å². The van der Waals surface area contributed by atoms with E-state index in [1.54, 1.807) is 25.4 Å². The Bertz CT molecular complexity index is 903. The Labute approximate surface area is 149 Å². The lowest BCUT2D eigenvalue weighted by Crippen LogP contribution is -2.04. The molecule has 4 N–H and O–H groups in total. The normalized spacial score (nSPS) is 10.5. The number of benzene rings is 1. The number of nitrogens with zero attached hydrogens (tertiary/aromatic N) is 3. The van der Waals surface area contributed by atoms with E-state index in [0.717, 1.165) is 17.3 Å². The summed E-state index contributed by atoms with van der Waals surface area (Å²) in [7, 11) is 1.56. The zero-order valence-electron chi connectivity index (χ0n) is 14.1. The average molecular weight is 355 g/mol. The number of nitrogen functional groups attached to an aromatic ring is 2. The Morgan fingerprint density at radius 2 is 1.88 bits per heavy atom. The van der Waals surface area contributed by atoms with Crippen molar-refractivity contribution in [2.45, 2.75) is 13.0 Å². The lowest BCUT2D eigenvalue weighted by Gasteiger charge is -2.12. The third-order valence-electron chi connectivity index (χ3n) is 3.70. The van der Waals surface area contributed by atoms with Crippen LogP contribution in [0.15, 0.2) is 42.7 Å². The molecule has 0 saturated carbocycles. The lowest BCUT2D eigenvalue weighted by molar-refractivity contribution is 0.280. The second-order valence-electron chi connectivity index (χ2n) is 5.56. The summed E-state index contributed by atoms with van der Waals surface area (Å²) in [6.07, 6.45) is 3.29. The molecule has 3 rings (SSSR count). The van der Waals surface area contributed by atoms with Crippen LogP contribution in [0.25, 0.3) is 0 Å². The molecular formula is C18H18FN5O2. The summed E-state index contributed by atoms with van der Waals surface area (Å²) in [5.74, 6) is 1.23. The molecule has 0 fully saturated rings. The van der Waals surface area contributed by atoms with Crippen LogP contribution in [-0.4, -0.2) is 22.1 Å². The summed E-state index contributed by atoms with van der Waals surface area (Å²) in [5.41, 5.74) is 13.7. The molecule has 0 bridgehead atoms. The highest BCUT2D eigenvalue weighted by Crippen LogP contribution is 2.30. The van der Waals surface area contributed by atoms with Crippen molar-refractivity contribution < 1.29 is 13.9 Å². The highest BCUT2D eigenvalue weighted by atomic mass is 19.1. The van der Waals surface area contributed by atoms with Crippen molar-refractivity contribution in [1.29, 1.82) is 0 Å². The van der Waals surface area contributed by atoms with E-state index < -0.39 is 0 Å². The number of methoxy groups -OCH3 is 1. The van der Waals surface area contributed by atoms with Gasteiger partial charge in [-0.05, 0) is 29.8 Å². The van der Waals surface area contributed by atoms with Gasteiger partial charge in [0.15, 0.2) is 11.5 Å². The fourth-order valence-electron chi connectivity index (χ4n) is 2.38. The number of hydrogen-bond acceptors (Lipinski definition) is 7. The van der Waals surface area contributed by atoms with Crippen molar-refractivity contribution in [3.63, 3.8) is 0 Å². The summed E-state index contributed by atoms with van der Waals surface area (Å²) >= 11 is 0. The third-order valence-corrected chi connectivity index (χ3v) is 3.70. The maximum absolute atomic E-state index is 12.9. The van der Waals surface area contributed by atoms with Gasteiger partial charge in [-0.15, -0.1) is 0 Å². The van der Waals surface area contributed by atoms with Gasteiger partial charge >= 0.3 is 0 Å². The molecule has 0 aliphatic carbocycles. The van der Waals surface area contributed by atoms with Crippen molar-refractivity contribution in [3.8, 4) is 11.5 Å². The van der Waals surface area contributed by atoms with Crippen LogP contribution in [0.2, 0.25) is 0 Å². The number of halogens is 1. The van der Waals surface area contributed by atoms with Crippen LogP contribution in [0.3, 0.4) is 0 Å². The summed E-state index contributed by atoms with van der Waals surface area (Å²) in [5, 5.41) is 0. The molecule has 0 unspecified atom stereocenters. The molecule has 0 radical (unpaired) electrons. The molecular weight excluding hydrogens is 337 g/mol. The van der Waals surface area contributed by atoms with Gasteiger partial charge in [-0.1, -0.05) is 6.07 Å². The third kappa shape index (κ3) is 4.15. The van der Waals surface area contributed by atoms with E-state index in [1.165, 1.54) is 6.07 Å². The summed E-state index contributed by atoms with van der Waals surface area (Å²) in [6.45, 7) is 0.203. The predicted octanol–water partition coefficient (Wildman–Crippen LogP) is 2.35. The van der Waals surface area contributed by atoms with Gasteiger partial charge in [-0.2, -0.15) is 4.98 Å². The van der Waals surface area contributed by atoms with Gasteiger partial charge in [0, 0.05) is 18.2 Å². The summed E-state index contributed by atoms with van der Waals surface area (Å²) in [4.78, 5) is 11.9. The molecule has 2 aromatic heterocycles. The summed E-state index contributed by atoms with van der Waals surface area (Å²) in [6, 6.07) is 8.45. The van der Waals surface area contributed by atoms with Gasteiger partial charge in [-0.25, -0.2) is 9.37 Å². The minimum Gasteiger partial charge on any atom is -0.493 e. The first-order valence-corrected chi connectivity index (χ1v) is 7.82. The number of ether oxygens (including phenoxy) is 2. The Balaban J connectivity index is 1.73. The average Bonchev–Trinajstić information content (AvgIpc) is 2.64. The topological polar surface area (TPSA) is 109 Å². The number of hydrogen-bond donors (Lipinski definition) is 2. The zero-order chi connectivity index (χ0) is 18.5. The van der Waals surface area contributed by atoms with Crippen LogP contribution < -0.4 is 20.9 Å². The fourth-order valence-corrected chi connectivity index (χ4v) is 2.38. The molecule has 0 spiro atoms. The van der Waals surface area contributed by atoms with Crippen LogP contribution in [0.1, 0.15) is 16.8 Å². The highest BCUT2D eigenvalue weighted by molar-refractivity contribution is 5.48. The number of pyridine rings is 1. The SMILES string of the molecule is COc1cc(Cc2cnc(N)nc2N)ccc1OCc1ccc(F)cn1. The number of aromatic nitrogens is 3. The second-order valence-corrected chi connectivity index (χ2v) is 5.56. The first kappa shape index (κ1) is 17.4. The monoisotopic (exact) mass is 355 g/mol. The van der Waals surface area contributed by atoms with Crippen LogP contribution >= 0.6 is 0 Å². The largest absolute Gasteiger partial charge is 0.493 e. The summed E-state index contributed by atoms with van der Waals surface area (Å²) < 4.78 is 24.0. The number of rotatable bonds is 6. The van der Waals surface area contributed by atoms with Gasteiger partial charge in [-0.3, -0.25) is 4.98 Å². The van der Waals surface area contributed by atoms with Gasteiger partial charge in [0.2, 0.25) is 5.95 Å². The second kappa shape index (κ2) is 7.64. The smallest absolute Gasteiger partial charge is 0.221 e. The molecule has 0 atom stereocenters. The van der Waals surface area contributed by atoms with E-state index in [-0.39, 0.29) is 18.4 Å². The number of anilines is 2. The van der Waals surface area contributed by atoms with Gasteiger partial charge in [0.05, 0.1) is 19.0 Å². The van der Waals surface area contributed by atoms with Crippen LogP contribution in [0.5, 0.6) is 11.5 Å². The van der Waals surface area contributed by atoms with Gasteiger partial charge < -0.3 is 20.9 Å². The molecule has 7 nitrogen and oxygen atoms in total. The van der Waals surface area contributed by atoms with E-state index >= 15 is 0 Å². The first-order chi connectivity index (χ1) is 12.5. The maximum Gasteiger partial charge on any atom is 0.221 e. The molecule has 2 heterocycles. The minimum atomic E-state index is -0.387. The standard InChI is InChI=1S/C18H18FN5O2/c1-25-16-7-11(6-12-8-23-18(21)24-17(12)20)2-5-15(16)26-10-14-4-3-13(19)9-22-14/h2-5,7-9H,6,10H2,1H3,(H4,20,21,23,24). The van der Waals surface area contributed by atoms with Crippen molar-refractivity contribution in [3.05, 3.63) is 65.4 Å². The van der Waals surface area contributed by atoms with Crippen molar-refractivity contribution in [2.75, 3.05) is 18.6 Å². The Morgan fingerprint density at radius 1 is 1.04 bits per heavy atom. The molecule has 0 amide bonds. The molecule has 3 aromatic rings. The van der Waals surface area contributed by atoms with E-state index in [4.69, 9.17) is 20.9 Å². The van der Waals surface area contributed by atoms with E-state index in [9.17, 15) is 4.39 Å².